The molecule has 1 aromatic carbocycles. The molecule has 5 rings (SSSR count). The molecule has 0 saturated heterocycles. The first-order valence-corrected chi connectivity index (χ1v) is 8.97. The predicted molar refractivity (Wildman–Crippen MR) is 102 cm³/mol. The van der Waals surface area contributed by atoms with E-state index in [1.807, 2.05) is 10.6 Å². The molecular formula is C21H14FN5O2. The SMILES string of the molecule is N#Cc1ccc2c(c1)nc1n2C[C@@H](COc2ccc(-c3ccc(F)nc3)nc2)O1. The summed E-state index contributed by atoms with van der Waals surface area (Å²) >= 11 is 0. The largest absolute Gasteiger partial charge is 0.488 e. The maximum atomic E-state index is 12.9. The van der Waals surface area contributed by atoms with Crippen LogP contribution in [0.1, 0.15) is 5.56 Å². The number of rotatable bonds is 4. The number of fused-ring (bicyclic) bond motifs is 3. The number of hydrogen-bond donors (Lipinski definition) is 0. The van der Waals surface area contributed by atoms with Crippen LogP contribution in [0.2, 0.25) is 0 Å². The van der Waals surface area contributed by atoms with Gasteiger partial charge in [-0.15, -0.1) is 0 Å². The summed E-state index contributed by atoms with van der Waals surface area (Å²) in [6, 6.07) is 14.6. The van der Waals surface area contributed by atoms with E-state index in [2.05, 4.69) is 21.0 Å². The first-order chi connectivity index (χ1) is 14.2. The van der Waals surface area contributed by atoms with Gasteiger partial charge in [-0.1, -0.05) is 0 Å². The molecule has 0 radical (unpaired) electrons. The molecule has 1 atom stereocenters. The van der Waals surface area contributed by atoms with Gasteiger partial charge in [-0.2, -0.15) is 14.6 Å². The van der Waals surface area contributed by atoms with Crippen LogP contribution in [-0.2, 0) is 6.54 Å². The molecule has 0 aliphatic carbocycles. The predicted octanol–water partition coefficient (Wildman–Crippen LogP) is 3.34. The van der Waals surface area contributed by atoms with Gasteiger partial charge in [0.2, 0.25) is 5.95 Å². The van der Waals surface area contributed by atoms with Crippen molar-refractivity contribution in [3.05, 3.63) is 66.4 Å². The molecule has 0 spiro atoms. The number of nitriles is 1. The van der Waals surface area contributed by atoms with E-state index >= 15 is 0 Å². The van der Waals surface area contributed by atoms with E-state index in [1.165, 1.54) is 12.3 Å². The molecule has 0 N–H and O–H groups in total. The number of nitrogens with zero attached hydrogens (tertiary/aromatic N) is 5. The summed E-state index contributed by atoms with van der Waals surface area (Å²) in [7, 11) is 0. The number of hydrogen-bond acceptors (Lipinski definition) is 6. The molecule has 1 aliphatic rings. The molecule has 1 aliphatic heterocycles. The minimum absolute atomic E-state index is 0.168. The Balaban J connectivity index is 1.24. The molecule has 0 unspecified atom stereocenters. The van der Waals surface area contributed by atoms with E-state index in [9.17, 15) is 4.39 Å². The Labute approximate surface area is 165 Å². The second-order valence-electron chi connectivity index (χ2n) is 6.62. The van der Waals surface area contributed by atoms with Gasteiger partial charge in [0.1, 0.15) is 12.4 Å². The van der Waals surface area contributed by atoms with Gasteiger partial charge in [0.15, 0.2) is 6.10 Å². The Hall–Kier alpha value is -3.99. The maximum Gasteiger partial charge on any atom is 0.297 e. The molecule has 7 nitrogen and oxygen atoms in total. The van der Waals surface area contributed by atoms with Gasteiger partial charge in [-0.25, -0.2) is 4.98 Å². The van der Waals surface area contributed by atoms with Gasteiger partial charge < -0.3 is 9.47 Å². The molecule has 142 valence electrons. The summed E-state index contributed by atoms with van der Waals surface area (Å²) in [5.41, 5.74) is 3.66. The van der Waals surface area contributed by atoms with Gasteiger partial charge in [0.25, 0.3) is 6.01 Å². The third kappa shape index (κ3) is 3.23. The lowest BCUT2D eigenvalue weighted by molar-refractivity contribution is 0.143. The summed E-state index contributed by atoms with van der Waals surface area (Å²) in [6.45, 7) is 0.963. The van der Waals surface area contributed by atoms with Crippen molar-refractivity contribution in [2.24, 2.45) is 0 Å². The van der Waals surface area contributed by atoms with Crippen LogP contribution in [0.25, 0.3) is 22.3 Å². The van der Waals surface area contributed by atoms with Crippen LogP contribution in [0, 0.1) is 17.3 Å². The molecular weight excluding hydrogens is 373 g/mol. The number of halogens is 1. The lowest BCUT2D eigenvalue weighted by atomic mass is 10.2. The smallest absolute Gasteiger partial charge is 0.297 e. The minimum Gasteiger partial charge on any atom is -0.488 e. The van der Waals surface area contributed by atoms with Crippen molar-refractivity contribution in [2.75, 3.05) is 6.61 Å². The number of pyridine rings is 2. The first-order valence-electron chi connectivity index (χ1n) is 8.97. The fourth-order valence-electron chi connectivity index (χ4n) is 3.27. The monoisotopic (exact) mass is 387 g/mol. The van der Waals surface area contributed by atoms with Gasteiger partial charge in [-0.05, 0) is 42.5 Å². The van der Waals surface area contributed by atoms with E-state index in [0.29, 0.717) is 36.2 Å². The summed E-state index contributed by atoms with van der Waals surface area (Å²) < 4.78 is 26.6. The van der Waals surface area contributed by atoms with Gasteiger partial charge in [-0.3, -0.25) is 9.55 Å². The average molecular weight is 387 g/mol. The number of benzene rings is 1. The summed E-state index contributed by atoms with van der Waals surface area (Å²) in [6.07, 6.45) is 2.89. The zero-order chi connectivity index (χ0) is 19.8. The fourth-order valence-corrected chi connectivity index (χ4v) is 3.27. The van der Waals surface area contributed by atoms with Crippen molar-refractivity contribution in [2.45, 2.75) is 12.6 Å². The van der Waals surface area contributed by atoms with E-state index in [-0.39, 0.29) is 6.10 Å². The molecule has 29 heavy (non-hydrogen) atoms. The van der Waals surface area contributed by atoms with Crippen molar-refractivity contribution in [1.29, 1.82) is 5.26 Å². The maximum absolute atomic E-state index is 12.9. The molecule has 3 aromatic heterocycles. The Morgan fingerprint density at radius 1 is 1.17 bits per heavy atom. The molecule has 8 heteroatoms. The topological polar surface area (TPSA) is 85.9 Å². The fraction of sp³-hybridized carbons (Fsp3) is 0.143. The van der Waals surface area contributed by atoms with E-state index in [0.717, 1.165) is 16.6 Å². The molecule has 0 fully saturated rings. The molecule has 4 heterocycles. The highest BCUT2D eigenvalue weighted by atomic mass is 19.1. The number of ether oxygens (including phenoxy) is 2. The Morgan fingerprint density at radius 2 is 2.10 bits per heavy atom. The van der Waals surface area contributed by atoms with Crippen LogP contribution in [-0.4, -0.2) is 32.2 Å². The van der Waals surface area contributed by atoms with Crippen molar-refractivity contribution < 1.29 is 13.9 Å². The van der Waals surface area contributed by atoms with Crippen LogP contribution in [0.3, 0.4) is 0 Å². The zero-order valence-electron chi connectivity index (χ0n) is 15.1. The van der Waals surface area contributed by atoms with Gasteiger partial charge in [0.05, 0.1) is 41.1 Å². The Morgan fingerprint density at radius 3 is 2.86 bits per heavy atom. The minimum atomic E-state index is -0.525. The third-order valence-corrected chi connectivity index (χ3v) is 4.70. The highest BCUT2D eigenvalue weighted by molar-refractivity contribution is 5.78. The second kappa shape index (κ2) is 6.87. The quantitative estimate of drug-likeness (QED) is 0.499. The van der Waals surface area contributed by atoms with Gasteiger partial charge in [0, 0.05) is 11.8 Å². The number of imidazole rings is 1. The standard InChI is InChI=1S/C21H14FN5O2/c22-20-6-2-14(9-25-20)17-4-3-15(10-24-17)28-12-16-11-27-19-5-1-13(8-23)7-18(19)26-21(27)29-16/h1-7,9-10,16H,11-12H2/t16-/m0/s1. The summed E-state index contributed by atoms with van der Waals surface area (Å²) in [5, 5.41) is 9.00. The average Bonchev–Trinajstić information content (AvgIpc) is 3.30. The lowest BCUT2D eigenvalue weighted by Crippen LogP contribution is -2.23. The summed E-state index contributed by atoms with van der Waals surface area (Å²) in [4.78, 5) is 12.4. The highest BCUT2D eigenvalue weighted by Crippen LogP contribution is 2.28. The van der Waals surface area contributed by atoms with Crippen LogP contribution >= 0.6 is 0 Å². The molecule has 0 saturated carbocycles. The van der Waals surface area contributed by atoms with E-state index < -0.39 is 5.95 Å². The Kier molecular flexibility index (Phi) is 4.06. The Bertz CT molecular complexity index is 1230. The van der Waals surface area contributed by atoms with E-state index in [1.54, 1.807) is 36.5 Å². The van der Waals surface area contributed by atoms with Crippen LogP contribution in [0.4, 0.5) is 4.39 Å². The van der Waals surface area contributed by atoms with Crippen molar-refractivity contribution >= 4 is 11.0 Å². The summed E-state index contributed by atoms with van der Waals surface area (Å²) in [5.74, 6) is 0.0870. The van der Waals surface area contributed by atoms with Crippen LogP contribution in [0.5, 0.6) is 11.8 Å². The van der Waals surface area contributed by atoms with Crippen LogP contribution in [0.15, 0.2) is 54.9 Å². The normalized spacial score (nSPS) is 15.0. The van der Waals surface area contributed by atoms with Gasteiger partial charge >= 0.3 is 0 Å². The van der Waals surface area contributed by atoms with Crippen molar-refractivity contribution in [1.82, 2.24) is 19.5 Å². The second-order valence-corrected chi connectivity index (χ2v) is 6.62. The zero-order valence-corrected chi connectivity index (χ0v) is 15.1. The van der Waals surface area contributed by atoms with Crippen LogP contribution < -0.4 is 9.47 Å². The van der Waals surface area contributed by atoms with Crippen molar-refractivity contribution in [3.63, 3.8) is 0 Å². The molecule has 4 aromatic rings. The first kappa shape index (κ1) is 17.1. The number of aromatic nitrogens is 4. The molecule has 0 bridgehead atoms. The van der Waals surface area contributed by atoms with E-state index in [4.69, 9.17) is 14.7 Å². The highest BCUT2D eigenvalue weighted by Gasteiger charge is 2.27. The lowest BCUT2D eigenvalue weighted by Gasteiger charge is -2.11. The molecule has 0 amide bonds. The third-order valence-electron chi connectivity index (χ3n) is 4.70. The van der Waals surface area contributed by atoms with Crippen molar-refractivity contribution in [3.8, 4) is 29.1 Å².